The third-order valence-corrected chi connectivity index (χ3v) is 2.71. The van der Waals surface area contributed by atoms with E-state index in [0.717, 1.165) is 5.69 Å². The number of carbonyl (C=O) groups is 2. The Bertz CT molecular complexity index is 338. The summed E-state index contributed by atoms with van der Waals surface area (Å²) in [6.07, 6.45) is 0. The van der Waals surface area contributed by atoms with Crippen molar-refractivity contribution in [2.75, 3.05) is 11.1 Å². The van der Waals surface area contributed by atoms with Crippen molar-refractivity contribution in [2.24, 2.45) is 0 Å². The number of thiol groups is 1. The van der Waals surface area contributed by atoms with Gasteiger partial charge < -0.3 is 10.6 Å². The van der Waals surface area contributed by atoms with Gasteiger partial charge in [-0.3, -0.25) is 9.59 Å². The minimum absolute atomic E-state index is 0.241. The second kappa shape index (κ2) is 5.77. The highest BCUT2D eigenvalue weighted by Crippen LogP contribution is 2.12. The summed E-state index contributed by atoms with van der Waals surface area (Å²) < 4.78 is 0. The lowest BCUT2D eigenvalue weighted by Gasteiger charge is -2.14. The fraction of sp³-hybridized carbons (Fsp3) is 0.333. The quantitative estimate of drug-likeness (QED) is 0.695. The fourth-order valence-corrected chi connectivity index (χ4v) is 1.85. The summed E-state index contributed by atoms with van der Waals surface area (Å²) in [7, 11) is 0. The Morgan fingerprint density at radius 2 is 2.33 bits per heavy atom. The third kappa shape index (κ3) is 3.93. The first kappa shape index (κ1) is 12.1. The van der Waals surface area contributed by atoms with E-state index in [0.29, 0.717) is 0 Å². The summed E-state index contributed by atoms with van der Waals surface area (Å²) in [6, 6.07) is 1.21. The SMILES string of the molecule is CC(=O)NC(CS)C(=O)Nc1ccsc1. The molecule has 1 heterocycles. The molecule has 0 aliphatic heterocycles. The maximum Gasteiger partial charge on any atom is 0.247 e. The molecule has 1 unspecified atom stereocenters. The largest absolute Gasteiger partial charge is 0.344 e. The van der Waals surface area contributed by atoms with Crippen LogP contribution in [0.4, 0.5) is 5.69 Å². The summed E-state index contributed by atoms with van der Waals surface area (Å²) >= 11 is 5.50. The molecular weight excluding hydrogens is 232 g/mol. The van der Waals surface area contributed by atoms with Crippen LogP contribution in [-0.2, 0) is 9.59 Å². The number of hydrogen-bond acceptors (Lipinski definition) is 4. The van der Waals surface area contributed by atoms with Crippen LogP contribution in [0.3, 0.4) is 0 Å². The van der Waals surface area contributed by atoms with Crippen molar-refractivity contribution in [3.8, 4) is 0 Å². The summed E-state index contributed by atoms with van der Waals surface area (Å²) in [5.74, 6) is -0.219. The van der Waals surface area contributed by atoms with E-state index in [1.54, 1.807) is 6.07 Å². The van der Waals surface area contributed by atoms with Crippen LogP contribution < -0.4 is 10.6 Å². The molecule has 2 N–H and O–H groups in total. The van der Waals surface area contributed by atoms with Crippen LogP contribution in [0.2, 0.25) is 0 Å². The van der Waals surface area contributed by atoms with Crippen molar-refractivity contribution in [1.82, 2.24) is 5.32 Å². The third-order valence-electron chi connectivity index (χ3n) is 1.67. The van der Waals surface area contributed by atoms with Gasteiger partial charge in [0.1, 0.15) is 6.04 Å². The fourth-order valence-electron chi connectivity index (χ4n) is 1.00. The van der Waals surface area contributed by atoms with Crippen molar-refractivity contribution in [3.05, 3.63) is 16.8 Å². The van der Waals surface area contributed by atoms with Crippen molar-refractivity contribution >= 4 is 41.5 Å². The molecule has 1 aromatic rings. The van der Waals surface area contributed by atoms with Gasteiger partial charge >= 0.3 is 0 Å². The van der Waals surface area contributed by atoms with Gasteiger partial charge in [-0.05, 0) is 11.4 Å². The molecular formula is C9H12N2O2S2. The average Bonchev–Trinajstić information content (AvgIpc) is 2.66. The normalized spacial score (nSPS) is 11.9. The molecule has 82 valence electrons. The van der Waals surface area contributed by atoms with Crippen molar-refractivity contribution < 1.29 is 9.59 Å². The van der Waals surface area contributed by atoms with E-state index >= 15 is 0 Å². The van der Waals surface area contributed by atoms with Crippen molar-refractivity contribution in [3.63, 3.8) is 0 Å². The van der Waals surface area contributed by atoms with Gasteiger partial charge in [0.2, 0.25) is 11.8 Å². The molecule has 1 rings (SSSR count). The standard InChI is InChI=1S/C9H12N2O2S2/c1-6(12)10-8(4-14)9(13)11-7-2-3-15-5-7/h2-3,5,8,14H,4H2,1H3,(H,10,12)(H,11,13). The van der Waals surface area contributed by atoms with E-state index in [1.165, 1.54) is 18.3 Å². The second-order valence-electron chi connectivity index (χ2n) is 2.94. The summed E-state index contributed by atoms with van der Waals surface area (Å²) in [5, 5.41) is 8.89. The molecule has 1 atom stereocenters. The Morgan fingerprint density at radius 1 is 1.60 bits per heavy atom. The topological polar surface area (TPSA) is 58.2 Å². The van der Waals surface area contributed by atoms with Crippen molar-refractivity contribution in [1.29, 1.82) is 0 Å². The molecule has 0 aliphatic carbocycles. The van der Waals surface area contributed by atoms with Gasteiger partial charge in [-0.1, -0.05) is 0 Å². The van der Waals surface area contributed by atoms with Gasteiger partial charge in [0.05, 0.1) is 5.69 Å². The number of anilines is 1. The lowest BCUT2D eigenvalue weighted by atomic mass is 10.3. The van der Waals surface area contributed by atoms with Gasteiger partial charge in [0.25, 0.3) is 0 Å². The predicted octanol–water partition coefficient (Wildman–Crippen LogP) is 1.12. The van der Waals surface area contributed by atoms with Gasteiger partial charge in [0, 0.05) is 18.1 Å². The van der Waals surface area contributed by atoms with E-state index in [1.807, 2.05) is 10.8 Å². The smallest absolute Gasteiger partial charge is 0.247 e. The van der Waals surface area contributed by atoms with E-state index in [2.05, 4.69) is 23.3 Å². The number of carbonyl (C=O) groups excluding carboxylic acids is 2. The first-order valence-electron chi connectivity index (χ1n) is 4.34. The highest BCUT2D eigenvalue weighted by atomic mass is 32.1. The zero-order valence-corrected chi connectivity index (χ0v) is 9.90. The molecule has 4 nitrogen and oxygen atoms in total. The predicted molar refractivity (Wildman–Crippen MR) is 64.4 cm³/mol. The first-order chi connectivity index (χ1) is 7.13. The molecule has 0 radical (unpaired) electrons. The molecule has 15 heavy (non-hydrogen) atoms. The molecule has 0 aromatic carbocycles. The van der Waals surface area contributed by atoms with Crippen LogP contribution in [0.15, 0.2) is 16.8 Å². The lowest BCUT2D eigenvalue weighted by molar-refractivity contribution is -0.124. The number of amides is 2. The maximum atomic E-state index is 11.6. The van der Waals surface area contributed by atoms with Crippen LogP contribution in [0.1, 0.15) is 6.92 Å². The molecule has 0 bridgehead atoms. The molecule has 6 heteroatoms. The van der Waals surface area contributed by atoms with E-state index in [9.17, 15) is 9.59 Å². The first-order valence-corrected chi connectivity index (χ1v) is 5.92. The molecule has 0 saturated carbocycles. The number of thiophene rings is 1. The molecule has 2 amide bonds. The molecule has 0 fully saturated rings. The Balaban J connectivity index is 2.54. The Hall–Kier alpha value is -1.01. The van der Waals surface area contributed by atoms with E-state index in [4.69, 9.17) is 0 Å². The summed E-state index contributed by atoms with van der Waals surface area (Å²) in [4.78, 5) is 22.4. The average molecular weight is 244 g/mol. The molecule has 0 saturated heterocycles. The second-order valence-corrected chi connectivity index (χ2v) is 4.08. The molecule has 0 spiro atoms. The zero-order chi connectivity index (χ0) is 11.3. The van der Waals surface area contributed by atoms with Gasteiger partial charge in [-0.2, -0.15) is 24.0 Å². The summed E-state index contributed by atoms with van der Waals surface area (Å²) in [6.45, 7) is 1.37. The Kier molecular flexibility index (Phi) is 4.64. The van der Waals surface area contributed by atoms with Crippen LogP contribution >= 0.6 is 24.0 Å². The highest BCUT2D eigenvalue weighted by Gasteiger charge is 2.17. The van der Waals surface area contributed by atoms with E-state index < -0.39 is 6.04 Å². The van der Waals surface area contributed by atoms with Gasteiger partial charge in [0.15, 0.2) is 0 Å². The van der Waals surface area contributed by atoms with Gasteiger partial charge in [-0.15, -0.1) is 0 Å². The summed E-state index contributed by atoms with van der Waals surface area (Å²) in [5.41, 5.74) is 0.738. The minimum Gasteiger partial charge on any atom is -0.344 e. The Morgan fingerprint density at radius 3 is 2.80 bits per heavy atom. The lowest BCUT2D eigenvalue weighted by Crippen LogP contribution is -2.44. The van der Waals surface area contributed by atoms with Gasteiger partial charge in [-0.25, -0.2) is 0 Å². The van der Waals surface area contributed by atoms with Crippen molar-refractivity contribution in [2.45, 2.75) is 13.0 Å². The highest BCUT2D eigenvalue weighted by molar-refractivity contribution is 7.80. The number of rotatable bonds is 4. The minimum atomic E-state index is -0.592. The van der Waals surface area contributed by atoms with Crippen LogP contribution in [0.5, 0.6) is 0 Å². The van der Waals surface area contributed by atoms with E-state index in [-0.39, 0.29) is 17.6 Å². The van der Waals surface area contributed by atoms with Crippen LogP contribution in [0, 0.1) is 0 Å². The number of hydrogen-bond donors (Lipinski definition) is 3. The molecule has 0 aliphatic rings. The monoisotopic (exact) mass is 244 g/mol. The zero-order valence-electron chi connectivity index (χ0n) is 8.19. The molecule has 1 aromatic heterocycles. The van der Waals surface area contributed by atoms with Crippen LogP contribution in [-0.4, -0.2) is 23.6 Å². The number of nitrogens with one attached hydrogen (secondary N) is 2. The van der Waals surface area contributed by atoms with Crippen LogP contribution in [0.25, 0.3) is 0 Å². The maximum absolute atomic E-state index is 11.6. The Labute approximate surface area is 97.5 Å².